The summed E-state index contributed by atoms with van der Waals surface area (Å²) in [6, 6.07) is 11.2. The second-order valence-corrected chi connectivity index (χ2v) is 8.17. The number of rotatable bonds is 6. The highest BCUT2D eigenvalue weighted by molar-refractivity contribution is 7.98. The van der Waals surface area contributed by atoms with E-state index >= 15 is 0 Å². The summed E-state index contributed by atoms with van der Waals surface area (Å²) in [5.41, 5.74) is 8.59. The number of benzene rings is 1. The van der Waals surface area contributed by atoms with Crippen LogP contribution in [0.3, 0.4) is 0 Å². The first-order valence-corrected chi connectivity index (χ1v) is 10.8. The molecule has 4 aromatic rings. The lowest BCUT2D eigenvalue weighted by molar-refractivity contribution is 0.0600. The standard InChI is InChI=1S/C20H19N5O2S2/c1-3-25-17(16-15(21)14-8-5-9-22-18(14)29-16)23-24-20(25)28-11-12-6-4-7-13(10-12)19(26)27-2/h4-10H,3,11,21H2,1-2H3. The number of esters is 1. The Morgan fingerprint density at radius 3 is 2.90 bits per heavy atom. The van der Waals surface area contributed by atoms with E-state index in [1.165, 1.54) is 18.4 Å². The quantitative estimate of drug-likeness (QED) is 0.365. The molecule has 0 aliphatic heterocycles. The lowest BCUT2D eigenvalue weighted by atomic mass is 10.1. The molecule has 0 unspecified atom stereocenters. The molecule has 29 heavy (non-hydrogen) atoms. The maximum absolute atomic E-state index is 11.7. The van der Waals surface area contributed by atoms with Gasteiger partial charge in [0.1, 0.15) is 4.83 Å². The normalized spacial score (nSPS) is 11.1. The van der Waals surface area contributed by atoms with Crippen LogP contribution >= 0.6 is 23.1 Å². The third-order valence-electron chi connectivity index (χ3n) is 4.46. The van der Waals surface area contributed by atoms with E-state index in [9.17, 15) is 4.79 Å². The molecule has 0 amide bonds. The van der Waals surface area contributed by atoms with E-state index in [1.807, 2.05) is 30.3 Å². The Hall–Kier alpha value is -2.91. The number of carbonyl (C=O) groups is 1. The van der Waals surface area contributed by atoms with Gasteiger partial charge >= 0.3 is 5.97 Å². The van der Waals surface area contributed by atoms with Gasteiger partial charge in [-0.2, -0.15) is 0 Å². The number of thioether (sulfide) groups is 1. The van der Waals surface area contributed by atoms with Crippen LogP contribution in [0.15, 0.2) is 47.8 Å². The molecule has 0 aliphatic carbocycles. The van der Waals surface area contributed by atoms with E-state index in [0.717, 1.165) is 31.6 Å². The van der Waals surface area contributed by atoms with Crippen molar-refractivity contribution in [3.05, 3.63) is 53.7 Å². The first kappa shape index (κ1) is 19.4. The van der Waals surface area contributed by atoms with Gasteiger partial charge in [-0.25, -0.2) is 9.78 Å². The Kier molecular flexibility index (Phi) is 5.50. The van der Waals surface area contributed by atoms with Crippen LogP contribution in [0, 0.1) is 0 Å². The van der Waals surface area contributed by atoms with E-state index in [1.54, 1.807) is 24.0 Å². The molecule has 148 valence electrons. The van der Waals surface area contributed by atoms with Crippen LogP contribution in [0.4, 0.5) is 5.69 Å². The fourth-order valence-electron chi connectivity index (χ4n) is 3.02. The highest BCUT2D eigenvalue weighted by atomic mass is 32.2. The number of nitrogens with zero attached hydrogens (tertiary/aromatic N) is 4. The van der Waals surface area contributed by atoms with Gasteiger partial charge in [0.05, 0.1) is 23.2 Å². The molecule has 0 atom stereocenters. The first-order chi connectivity index (χ1) is 14.1. The van der Waals surface area contributed by atoms with E-state index in [2.05, 4.69) is 26.7 Å². The molecule has 3 aromatic heterocycles. The predicted molar refractivity (Wildman–Crippen MR) is 116 cm³/mol. The largest absolute Gasteiger partial charge is 0.465 e. The molecule has 3 heterocycles. The minimum atomic E-state index is -0.343. The molecule has 9 heteroatoms. The third-order valence-corrected chi connectivity index (χ3v) is 6.62. The van der Waals surface area contributed by atoms with Gasteiger partial charge in [0, 0.05) is 23.9 Å². The lowest BCUT2D eigenvalue weighted by Crippen LogP contribution is -2.02. The number of hydrogen-bond donors (Lipinski definition) is 1. The van der Waals surface area contributed by atoms with Gasteiger partial charge in [-0.15, -0.1) is 21.5 Å². The van der Waals surface area contributed by atoms with Crippen molar-refractivity contribution >= 4 is 45.0 Å². The molecule has 1 aromatic carbocycles. The van der Waals surface area contributed by atoms with Gasteiger partial charge < -0.3 is 15.0 Å². The first-order valence-electron chi connectivity index (χ1n) is 8.99. The molecule has 0 fully saturated rings. The highest BCUT2D eigenvalue weighted by Crippen LogP contribution is 2.39. The number of ether oxygens (including phenoxy) is 1. The summed E-state index contributed by atoms with van der Waals surface area (Å²) in [4.78, 5) is 17.9. The van der Waals surface area contributed by atoms with Gasteiger partial charge in [0.2, 0.25) is 0 Å². The van der Waals surface area contributed by atoms with Gasteiger partial charge in [0.15, 0.2) is 11.0 Å². The minimum absolute atomic E-state index is 0.343. The highest BCUT2D eigenvalue weighted by Gasteiger charge is 2.20. The van der Waals surface area contributed by atoms with E-state index in [-0.39, 0.29) is 5.97 Å². The SMILES string of the molecule is CCn1c(SCc2cccc(C(=O)OC)c2)nnc1-c1sc2ncccc2c1N. The van der Waals surface area contributed by atoms with Crippen LogP contribution in [-0.2, 0) is 17.0 Å². The fraction of sp³-hybridized carbons (Fsp3) is 0.200. The van der Waals surface area contributed by atoms with E-state index in [4.69, 9.17) is 10.5 Å². The summed E-state index contributed by atoms with van der Waals surface area (Å²) in [6.45, 7) is 2.77. The smallest absolute Gasteiger partial charge is 0.337 e. The molecule has 0 saturated heterocycles. The third kappa shape index (κ3) is 3.70. The molecule has 0 radical (unpaired) electrons. The van der Waals surface area contributed by atoms with Crippen LogP contribution in [0.1, 0.15) is 22.8 Å². The zero-order valence-electron chi connectivity index (χ0n) is 16.0. The summed E-state index contributed by atoms with van der Waals surface area (Å²) in [6.07, 6.45) is 1.76. The van der Waals surface area contributed by atoms with Gasteiger partial charge in [0.25, 0.3) is 0 Å². The Balaban J connectivity index is 1.61. The van der Waals surface area contributed by atoms with Crippen LogP contribution < -0.4 is 5.73 Å². The second-order valence-electron chi connectivity index (χ2n) is 6.23. The lowest BCUT2D eigenvalue weighted by Gasteiger charge is -2.07. The van der Waals surface area contributed by atoms with Crippen molar-refractivity contribution in [1.29, 1.82) is 0 Å². The van der Waals surface area contributed by atoms with E-state index < -0.39 is 0 Å². The average Bonchev–Trinajstić information content (AvgIpc) is 3.32. The molecule has 0 spiro atoms. The summed E-state index contributed by atoms with van der Waals surface area (Å²) in [7, 11) is 1.38. The molecule has 2 N–H and O–H groups in total. The number of fused-ring (bicyclic) bond motifs is 1. The van der Waals surface area contributed by atoms with Crippen molar-refractivity contribution in [2.75, 3.05) is 12.8 Å². The monoisotopic (exact) mass is 425 g/mol. The number of carbonyl (C=O) groups excluding carboxylic acids is 1. The number of aromatic nitrogens is 4. The zero-order chi connectivity index (χ0) is 20.4. The van der Waals surface area contributed by atoms with Crippen LogP contribution in [-0.4, -0.2) is 32.8 Å². The number of pyridine rings is 1. The molecular formula is C20H19N5O2S2. The summed E-state index contributed by atoms with van der Waals surface area (Å²) in [5.74, 6) is 1.07. The number of methoxy groups -OCH3 is 1. The van der Waals surface area contributed by atoms with E-state index in [0.29, 0.717) is 23.5 Å². The summed E-state index contributed by atoms with van der Waals surface area (Å²) in [5, 5.41) is 10.5. The Morgan fingerprint density at radius 1 is 1.28 bits per heavy atom. The molecule has 0 aliphatic rings. The average molecular weight is 426 g/mol. The number of thiophene rings is 1. The molecule has 0 saturated carbocycles. The fourth-order valence-corrected chi connectivity index (χ4v) is 5.02. The molecule has 4 rings (SSSR count). The Morgan fingerprint density at radius 2 is 2.14 bits per heavy atom. The van der Waals surface area contributed by atoms with Crippen molar-refractivity contribution in [1.82, 2.24) is 19.7 Å². The van der Waals surface area contributed by atoms with Crippen LogP contribution in [0.5, 0.6) is 0 Å². The van der Waals surface area contributed by atoms with Gasteiger partial charge in [-0.1, -0.05) is 23.9 Å². The zero-order valence-corrected chi connectivity index (χ0v) is 17.6. The van der Waals surface area contributed by atoms with Gasteiger partial charge in [-0.05, 0) is 36.8 Å². The minimum Gasteiger partial charge on any atom is -0.465 e. The van der Waals surface area contributed by atoms with Crippen LogP contribution in [0.25, 0.3) is 20.9 Å². The topological polar surface area (TPSA) is 95.9 Å². The number of nitrogen functional groups attached to an aromatic ring is 1. The van der Waals surface area contributed by atoms with Crippen molar-refractivity contribution in [3.63, 3.8) is 0 Å². The van der Waals surface area contributed by atoms with Gasteiger partial charge in [-0.3, -0.25) is 0 Å². The Bertz CT molecular complexity index is 1180. The maximum Gasteiger partial charge on any atom is 0.337 e. The van der Waals surface area contributed by atoms with Crippen molar-refractivity contribution in [2.24, 2.45) is 0 Å². The van der Waals surface area contributed by atoms with Crippen molar-refractivity contribution in [3.8, 4) is 10.7 Å². The van der Waals surface area contributed by atoms with Crippen LogP contribution in [0.2, 0.25) is 0 Å². The molecule has 7 nitrogen and oxygen atoms in total. The molecular weight excluding hydrogens is 406 g/mol. The second kappa shape index (κ2) is 8.22. The van der Waals surface area contributed by atoms with Crippen molar-refractivity contribution < 1.29 is 9.53 Å². The summed E-state index contributed by atoms with van der Waals surface area (Å²) < 4.78 is 6.84. The number of nitrogens with two attached hydrogens (primary N) is 1. The summed E-state index contributed by atoms with van der Waals surface area (Å²) >= 11 is 3.09. The maximum atomic E-state index is 11.7. The van der Waals surface area contributed by atoms with Crippen molar-refractivity contribution in [2.45, 2.75) is 24.4 Å². The number of anilines is 1. The Labute approximate surface area is 175 Å². The number of hydrogen-bond acceptors (Lipinski definition) is 8. The molecule has 0 bridgehead atoms. The predicted octanol–water partition coefficient (Wildman–Crippen LogP) is 4.24.